The van der Waals surface area contributed by atoms with Gasteiger partial charge < -0.3 is 14.6 Å². The fourth-order valence-electron chi connectivity index (χ4n) is 1.34. The number of carboxylic acid groups (broad SMARTS) is 1. The molecule has 0 saturated heterocycles. The number of hydrogen-bond donors (Lipinski definition) is 1. The van der Waals surface area contributed by atoms with Crippen LogP contribution < -0.4 is 0 Å². The van der Waals surface area contributed by atoms with Gasteiger partial charge >= 0.3 is 5.97 Å². The second kappa shape index (κ2) is 3.87. The molecule has 0 aromatic rings. The van der Waals surface area contributed by atoms with Gasteiger partial charge in [-0.15, -0.1) is 0 Å². The minimum atomic E-state index is -0.746. The van der Waals surface area contributed by atoms with Crippen LogP contribution in [0.3, 0.4) is 0 Å². The van der Waals surface area contributed by atoms with Crippen molar-refractivity contribution in [3.8, 4) is 0 Å². The van der Waals surface area contributed by atoms with Gasteiger partial charge in [-0.1, -0.05) is 6.42 Å². The molecular weight excluding hydrogens is 160 g/mol. The van der Waals surface area contributed by atoms with Gasteiger partial charge in [-0.3, -0.25) is 4.79 Å². The van der Waals surface area contributed by atoms with Gasteiger partial charge in [0.05, 0.1) is 12.0 Å². The molecule has 70 valence electrons. The average Bonchev–Trinajstić information content (AvgIpc) is 1.94. The van der Waals surface area contributed by atoms with Crippen LogP contribution in [-0.2, 0) is 14.3 Å². The fraction of sp³-hybridized carbons (Fsp3) is 0.875. The smallest absolute Gasteiger partial charge is 0.311 e. The molecule has 1 aliphatic rings. The van der Waals surface area contributed by atoms with E-state index in [0.717, 1.165) is 19.3 Å². The first-order chi connectivity index (χ1) is 5.71. The Hall–Kier alpha value is -0.610. The Morgan fingerprint density at radius 3 is 2.58 bits per heavy atom. The topological polar surface area (TPSA) is 55.8 Å². The average molecular weight is 174 g/mol. The predicted octanol–water partition coefficient (Wildman–Crippen LogP) is 0.862. The number of aliphatic carboxylic acids is 1. The lowest BCUT2D eigenvalue weighted by Gasteiger charge is -2.36. The maximum atomic E-state index is 10.8. The zero-order valence-electron chi connectivity index (χ0n) is 7.21. The van der Waals surface area contributed by atoms with Crippen molar-refractivity contribution in [2.75, 3.05) is 20.5 Å². The van der Waals surface area contributed by atoms with E-state index in [2.05, 4.69) is 4.74 Å². The van der Waals surface area contributed by atoms with Gasteiger partial charge in [0.25, 0.3) is 0 Å². The molecule has 4 nitrogen and oxygen atoms in total. The van der Waals surface area contributed by atoms with E-state index in [1.54, 1.807) is 0 Å². The summed E-state index contributed by atoms with van der Waals surface area (Å²) in [5, 5.41) is 8.86. The van der Waals surface area contributed by atoms with Gasteiger partial charge in [0.2, 0.25) is 0 Å². The summed E-state index contributed by atoms with van der Waals surface area (Å²) in [6.45, 7) is 0.450. The minimum Gasteiger partial charge on any atom is -0.481 e. The third-order valence-electron chi connectivity index (χ3n) is 2.34. The highest BCUT2D eigenvalue weighted by Crippen LogP contribution is 2.41. The lowest BCUT2D eigenvalue weighted by molar-refractivity contribution is -0.164. The van der Waals surface area contributed by atoms with E-state index in [9.17, 15) is 4.79 Å². The van der Waals surface area contributed by atoms with Crippen molar-refractivity contribution in [3.05, 3.63) is 0 Å². The highest BCUT2D eigenvalue weighted by atomic mass is 16.7. The van der Waals surface area contributed by atoms with Crippen molar-refractivity contribution in [1.29, 1.82) is 0 Å². The van der Waals surface area contributed by atoms with E-state index in [0.29, 0.717) is 0 Å². The zero-order valence-corrected chi connectivity index (χ0v) is 7.21. The Morgan fingerprint density at radius 1 is 1.58 bits per heavy atom. The number of carbonyl (C=O) groups is 1. The zero-order chi connectivity index (χ0) is 9.03. The molecular formula is C8H14O4. The van der Waals surface area contributed by atoms with Gasteiger partial charge in [0, 0.05) is 7.11 Å². The van der Waals surface area contributed by atoms with E-state index >= 15 is 0 Å². The van der Waals surface area contributed by atoms with Crippen molar-refractivity contribution in [1.82, 2.24) is 0 Å². The molecule has 0 heterocycles. The molecule has 0 aromatic heterocycles. The Balaban J connectivity index is 2.30. The van der Waals surface area contributed by atoms with Crippen LogP contribution in [0.25, 0.3) is 0 Å². The second-order valence-corrected chi connectivity index (χ2v) is 3.19. The number of ether oxygens (including phenoxy) is 2. The standard InChI is InChI=1S/C8H14O4/c1-11-6-12-5-8(7(9)10)3-2-4-8/h2-6H2,1H3,(H,9,10). The Kier molecular flexibility index (Phi) is 3.05. The van der Waals surface area contributed by atoms with Crippen LogP contribution in [0.5, 0.6) is 0 Å². The molecule has 12 heavy (non-hydrogen) atoms. The van der Waals surface area contributed by atoms with Crippen molar-refractivity contribution in [3.63, 3.8) is 0 Å². The SMILES string of the molecule is COCOCC1(C(=O)O)CCC1. The third kappa shape index (κ3) is 1.76. The molecule has 0 unspecified atom stereocenters. The summed E-state index contributed by atoms with van der Waals surface area (Å²) in [5.41, 5.74) is -0.613. The molecule has 1 saturated carbocycles. The summed E-state index contributed by atoms with van der Waals surface area (Å²) in [4.78, 5) is 10.8. The first kappa shape index (κ1) is 9.48. The lowest BCUT2D eigenvalue weighted by Crippen LogP contribution is -2.42. The summed E-state index contributed by atoms with van der Waals surface area (Å²) in [6.07, 6.45) is 2.45. The van der Waals surface area contributed by atoms with E-state index in [1.807, 2.05) is 0 Å². The second-order valence-electron chi connectivity index (χ2n) is 3.19. The van der Waals surface area contributed by atoms with Crippen LogP contribution in [0, 0.1) is 5.41 Å². The normalized spacial score (nSPS) is 20.1. The summed E-state index contributed by atoms with van der Waals surface area (Å²) < 4.78 is 9.72. The molecule has 4 heteroatoms. The molecule has 1 aliphatic carbocycles. The summed E-state index contributed by atoms with van der Waals surface area (Å²) >= 11 is 0. The molecule has 0 atom stereocenters. The summed E-state index contributed by atoms with van der Waals surface area (Å²) in [6, 6.07) is 0. The first-order valence-electron chi connectivity index (χ1n) is 4.01. The number of methoxy groups -OCH3 is 1. The minimum absolute atomic E-state index is 0.176. The number of hydrogen-bond acceptors (Lipinski definition) is 3. The van der Waals surface area contributed by atoms with Crippen LogP contribution in [-0.4, -0.2) is 31.6 Å². The van der Waals surface area contributed by atoms with Crippen LogP contribution in [0.15, 0.2) is 0 Å². The third-order valence-corrected chi connectivity index (χ3v) is 2.34. The molecule has 0 amide bonds. The molecule has 0 radical (unpaired) electrons. The lowest BCUT2D eigenvalue weighted by atomic mass is 9.69. The number of rotatable bonds is 5. The largest absolute Gasteiger partial charge is 0.481 e. The van der Waals surface area contributed by atoms with Gasteiger partial charge in [0.1, 0.15) is 6.79 Å². The van der Waals surface area contributed by atoms with Crippen molar-refractivity contribution < 1.29 is 19.4 Å². The van der Waals surface area contributed by atoms with Crippen molar-refractivity contribution in [2.45, 2.75) is 19.3 Å². The fourth-order valence-corrected chi connectivity index (χ4v) is 1.34. The Labute approximate surface area is 71.5 Å². The summed E-state index contributed by atoms with van der Waals surface area (Å²) in [7, 11) is 1.52. The number of carboxylic acids is 1. The Bertz CT molecular complexity index is 162. The van der Waals surface area contributed by atoms with E-state index in [4.69, 9.17) is 9.84 Å². The van der Waals surface area contributed by atoms with Crippen LogP contribution in [0.4, 0.5) is 0 Å². The van der Waals surface area contributed by atoms with Gasteiger partial charge in [-0.05, 0) is 12.8 Å². The van der Waals surface area contributed by atoms with Gasteiger partial charge in [0.15, 0.2) is 0 Å². The molecule has 1 rings (SSSR count). The van der Waals surface area contributed by atoms with E-state index < -0.39 is 11.4 Å². The van der Waals surface area contributed by atoms with Crippen LogP contribution in [0.2, 0.25) is 0 Å². The first-order valence-corrected chi connectivity index (χ1v) is 4.01. The van der Waals surface area contributed by atoms with Crippen LogP contribution in [0.1, 0.15) is 19.3 Å². The summed E-state index contributed by atoms with van der Waals surface area (Å²) in [5.74, 6) is -0.746. The van der Waals surface area contributed by atoms with Gasteiger partial charge in [-0.2, -0.15) is 0 Å². The van der Waals surface area contributed by atoms with E-state index in [-0.39, 0.29) is 13.4 Å². The molecule has 1 N–H and O–H groups in total. The molecule has 0 bridgehead atoms. The predicted molar refractivity (Wildman–Crippen MR) is 41.7 cm³/mol. The molecule has 0 spiro atoms. The monoisotopic (exact) mass is 174 g/mol. The van der Waals surface area contributed by atoms with Gasteiger partial charge in [-0.25, -0.2) is 0 Å². The maximum Gasteiger partial charge on any atom is 0.311 e. The molecule has 0 aromatic carbocycles. The quantitative estimate of drug-likeness (QED) is 0.496. The highest BCUT2D eigenvalue weighted by molar-refractivity contribution is 5.75. The maximum absolute atomic E-state index is 10.8. The Morgan fingerprint density at radius 2 is 2.25 bits per heavy atom. The molecule has 1 fully saturated rings. The highest BCUT2D eigenvalue weighted by Gasteiger charge is 2.44. The van der Waals surface area contributed by atoms with Crippen molar-refractivity contribution in [2.24, 2.45) is 5.41 Å². The van der Waals surface area contributed by atoms with E-state index in [1.165, 1.54) is 7.11 Å². The van der Waals surface area contributed by atoms with Crippen molar-refractivity contribution >= 4 is 5.97 Å². The molecule has 0 aliphatic heterocycles. The van der Waals surface area contributed by atoms with Crippen LogP contribution >= 0.6 is 0 Å².